The van der Waals surface area contributed by atoms with Gasteiger partial charge in [-0.15, -0.1) is 11.6 Å². The van der Waals surface area contributed by atoms with Crippen LogP contribution in [0, 0.1) is 0 Å². The number of carbonyl (C=O) groups excluding carboxylic acids is 1. The number of rotatable bonds is 5. The van der Waals surface area contributed by atoms with Crippen molar-refractivity contribution in [2.24, 2.45) is 0 Å². The van der Waals surface area contributed by atoms with Gasteiger partial charge in [-0.1, -0.05) is 30.3 Å². The highest BCUT2D eigenvalue weighted by Gasteiger charge is 2.17. The molecule has 0 bridgehead atoms. The first-order chi connectivity index (χ1) is 8.81. The molecular weight excluding hydrogens is 250 g/mol. The van der Waals surface area contributed by atoms with Crippen LogP contribution in [0.3, 0.4) is 0 Å². The van der Waals surface area contributed by atoms with Gasteiger partial charge < -0.3 is 9.32 Å². The summed E-state index contributed by atoms with van der Waals surface area (Å²) in [5.41, 5.74) is 1.07. The summed E-state index contributed by atoms with van der Waals surface area (Å²) in [6.07, 6.45) is 1.49. The predicted octanol–water partition coefficient (Wildman–Crippen LogP) is 3.16. The lowest BCUT2D eigenvalue weighted by atomic mass is 10.2. The molecular formula is C14H14ClNO2. The zero-order chi connectivity index (χ0) is 12.8. The predicted molar refractivity (Wildman–Crippen MR) is 70.6 cm³/mol. The third kappa shape index (κ3) is 3.14. The van der Waals surface area contributed by atoms with Crippen molar-refractivity contribution in [2.75, 3.05) is 12.4 Å². The highest BCUT2D eigenvalue weighted by Crippen LogP contribution is 2.10. The Hall–Kier alpha value is -1.74. The fraction of sp³-hybridized carbons (Fsp3) is 0.214. The second-order valence-electron chi connectivity index (χ2n) is 3.88. The Bertz CT molecular complexity index is 482. The van der Waals surface area contributed by atoms with Crippen LogP contribution in [-0.2, 0) is 6.54 Å². The Morgan fingerprint density at radius 1 is 1.17 bits per heavy atom. The lowest BCUT2D eigenvalue weighted by molar-refractivity contribution is 0.0721. The summed E-state index contributed by atoms with van der Waals surface area (Å²) < 4.78 is 5.13. The van der Waals surface area contributed by atoms with Crippen LogP contribution in [0.15, 0.2) is 53.1 Å². The molecule has 0 saturated carbocycles. The topological polar surface area (TPSA) is 33.5 Å². The maximum atomic E-state index is 12.2. The van der Waals surface area contributed by atoms with Gasteiger partial charge in [0.05, 0.1) is 6.26 Å². The second-order valence-corrected chi connectivity index (χ2v) is 4.26. The molecule has 0 aliphatic heterocycles. The standard InChI is InChI=1S/C14H14ClNO2/c15-8-9-16(11-12-5-2-1-3-6-12)14(17)13-7-4-10-18-13/h1-7,10H,8-9,11H2. The van der Waals surface area contributed by atoms with E-state index in [9.17, 15) is 4.79 Å². The SMILES string of the molecule is O=C(c1ccco1)N(CCCl)Cc1ccccc1. The number of halogens is 1. The van der Waals surface area contributed by atoms with E-state index in [-0.39, 0.29) is 5.91 Å². The minimum Gasteiger partial charge on any atom is -0.459 e. The normalized spacial score (nSPS) is 10.3. The monoisotopic (exact) mass is 263 g/mol. The van der Waals surface area contributed by atoms with Crippen molar-refractivity contribution in [3.63, 3.8) is 0 Å². The number of nitrogens with zero attached hydrogens (tertiary/aromatic N) is 1. The molecule has 3 nitrogen and oxygen atoms in total. The summed E-state index contributed by atoms with van der Waals surface area (Å²) >= 11 is 5.74. The van der Waals surface area contributed by atoms with Gasteiger partial charge in [0.2, 0.25) is 0 Å². The molecule has 1 heterocycles. The molecule has 0 aliphatic carbocycles. The molecule has 1 aromatic heterocycles. The lowest BCUT2D eigenvalue weighted by Gasteiger charge is -2.20. The molecule has 2 rings (SSSR count). The lowest BCUT2D eigenvalue weighted by Crippen LogP contribution is -2.32. The van der Waals surface area contributed by atoms with Crippen LogP contribution in [0.25, 0.3) is 0 Å². The van der Waals surface area contributed by atoms with Gasteiger partial charge in [0.1, 0.15) is 0 Å². The molecule has 0 aliphatic rings. The number of hydrogen-bond donors (Lipinski definition) is 0. The fourth-order valence-electron chi connectivity index (χ4n) is 1.71. The quantitative estimate of drug-likeness (QED) is 0.777. The Balaban J connectivity index is 2.11. The smallest absolute Gasteiger partial charge is 0.289 e. The summed E-state index contributed by atoms with van der Waals surface area (Å²) in [5.74, 6) is 0.611. The maximum Gasteiger partial charge on any atom is 0.289 e. The third-order valence-electron chi connectivity index (χ3n) is 2.59. The van der Waals surface area contributed by atoms with Gasteiger partial charge in [-0.05, 0) is 17.7 Å². The first-order valence-electron chi connectivity index (χ1n) is 5.74. The third-order valence-corrected chi connectivity index (χ3v) is 2.76. The average molecular weight is 264 g/mol. The second kappa shape index (κ2) is 6.26. The molecule has 0 spiro atoms. The number of alkyl halides is 1. The van der Waals surface area contributed by atoms with E-state index in [1.807, 2.05) is 30.3 Å². The van der Waals surface area contributed by atoms with E-state index in [2.05, 4.69) is 0 Å². The molecule has 1 aromatic carbocycles. The Morgan fingerprint density at radius 2 is 1.94 bits per heavy atom. The van der Waals surface area contributed by atoms with Gasteiger partial charge in [0.25, 0.3) is 5.91 Å². The summed E-state index contributed by atoms with van der Waals surface area (Å²) in [7, 11) is 0. The van der Waals surface area contributed by atoms with Gasteiger partial charge in [-0.25, -0.2) is 0 Å². The van der Waals surface area contributed by atoms with Gasteiger partial charge in [0, 0.05) is 19.0 Å². The van der Waals surface area contributed by atoms with E-state index < -0.39 is 0 Å². The van der Waals surface area contributed by atoms with Gasteiger partial charge >= 0.3 is 0 Å². The number of amides is 1. The number of furan rings is 1. The first kappa shape index (κ1) is 12.7. The largest absolute Gasteiger partial charge is 0.459 e. The average Bonchev–Trinajstić information content (AvgIpc) is 2.92. The fourth-order valence-corrected chi connectivity index (χ4v) is 1.92. The van der Waals surface area contributed by atoms with Crippen molar-refractivity contribution in [1.82, 2.24) is 4.90 Å². The summed E-state index contributed by atoms with van der Waals surface area (Å²) in [6, 6.07) is 13.2. The molecule has 18 heavy (non-hydrogen) atoms. The Labute approximate surface area is 111 Å². The maximum absolute atomic E-state index is 12.2. The van der Waals surface area contributed by atoms with Crippen LogP contribution >= 0.6 is 11.6 Å². The molecule has 4 heteroatoms. The summed E-state index contributed by atoms with van der Waals surface area (Å²) in [5, 5.41) is 0. The van der Waals surface area contributed by atoms with E-state index in [1.165, 1.54) is 6.26 Å². The van der Waals surface area contributed by atoms with Crippen LogP contribution in [0.5, 0.6) is 0 Å². The molecule has 0 fully saturated rings. The molecule has 94 valence electrons. The van der Waals surface area contributed by atoms with Crippen LogP contribution in [0.2, 0.25) is 0 Å². The van der Waals surface area contributed by atoms with Crippen LogP contribution in [0.1, 0.15) is 16.1 Å². The zero-order valence-corrected chi connectivity index (χ0v) is 10.6. The molecule has 2 aromatic rings. The van der Waals surface area contributed by atoms with E-state index in [0.29, 0.717) is 24.7 Å². The van der Waals surface area contributed by atoms with E-state index in [0.717, 1.165) is 5.56 Å². The van der Waals surface area contributed by atoms with Crippen molar-refractivity contribution in [1.29, 1.82) is 0 Å². The van der Waals surface area contributed by atoms with E-state index in [1.54, 1.807) is 17.0 Å². The van der Waals surface area contributed by atoms with Crippen molar-refractivity contribution in [3.8, 4) is 0 Å². The van der Waals surface area contributed by atoms with Gasteiger partial charge in [-0.2, -0.15) is 0 Å². The minimum absolute atomic E-state index is 0.135. The van der Waals surface area contributed by atoms with E-state index >= 15 is 0 Å². The highest BCUT2D eigenvalue weighted by molar-refractivity contribution is 6.18. The molecule has 0 atom stereocenters. The molecule has 0 N–H and O–H groups in total. The van der Waals surface area contributed by atoms with Crippen LogP contribution < -0.4 is 0 Å². The van der Waals surface area contributed by atoms with Crippen LogP contribution in [0.4, 0.5) is 0 Å². The van der Waals surface area contributed by atoms with Crippen molar-refractivity contribution < 1.29 is 9.21 Å². The molecule has 1 amide bonds. The number of hydrogen-bond acceptors (Lipinski definition) is 2. The molecule has 0 saturated heterocycles. The van der Waals surface area contributed by atoms with Crippen molar-refractivity contribution in [2.45, 2.75) is 6.54 Å². The first-order valence-corrected chi connectivity index (χ1v) is 6.27. The van der Waals surface area contributed by atoms with Gasteiger partial charge in [-0.3, -0.25) is 4.79 Å². The van der Waals surface area contributed by atoms with Crippen molar-refractivity contribution in [3.05, 3.63) is 60.1 Å². The minimum atomic E-state index is -0.135. The highest BCUT2D eigenvalue weighted by atomic mass is 35.5. The van der Waals surface area contributed by atoms with Crippen molar-refractivity contribution >= 4 is 17.5 Å². The Kier molecular flexibility index (Phi) is 4.42. The van der Waals surface area contributed by atoms with E-state index in [4.69, 9.17) is 16.0 Å². The summed E-state index contributed by atoms with van der Waals surface area (Å²) in [6.45, 7) is 1.03. The number of carbonyl (C=O) groups is 1. The Morgan fingerprint density at radius 3 is 2.56 bits per heavy atom. The molecule has 0 unspecified atom stereocenters. The van der Waals surface area contributed by atoms with Gasteiger partial charge in [0.15, 0.2) is 5.76 Å². The zero-order valence-electron chi connectivity index (χ0n) is 9.88. The summed E-state index contributed by atoms with van der Waals surface area (Å²) in [4.78, 5) is 13.9. The van der Waals surface area contributed by atoms with Crippen LogP contribution in [-0.4, -0.2) is 23.2 Å². The molecule has 0 radical (unpaired) electrons. The number of benzene rings is 1.